The highest BCUT2D eigenvalue weighted by molar-refractivity contribution is 7.89. The Bertz CT molecular complexity index is 497. The average molecular weight is 274 g/mol. The van der Waals surface area contributed by atoms with Crippen molar-refractivity contribution in [1.29, 1.82) is 0 Å². The second kappa shape index (κ2) is 6.15. The van der Waals surface area contributed by atoms with Crippen molar-refractivity contribution in [1.82, 2.24) is 4.31 Å². The van der Waals surface area contributed by atoms with Crippen LogP contribution in [0.3, 0.4) is 0 Å². The van der Waals surface area contributed by atoms with Gasteiger partial charge in [0.05, 0.1) is 0 Å². The average Bonchev–Trinajstić information content (AvgIpc) is 2.28. The number of hydrogen-bond donors (Lipinski definition) is 1. The normalized spacial score (nSPS) is 12.0. The lowest BCUT2D eigenvalue weighted by atomic mass is 10.3. The van der Waals surface area contributed by atoms with Gasteiger partial charge in [0.15, 0.2) is 0 Å². The van der Waals surface area contributed by atoms with E-state index in [0.29, 0.717) is 25.9 Å². The van der Waals surface area contributed by atoms with Gasteiger partial charge in [0.2, 0.25) is 10.0 Å². The van der Waals surface area contributed by atoms with Crippen LogP contribution in [0, 0.1) is 5.82 Å². The third-order valence-corrected chi connectivity index (χ3v) is 4.45. The summed E-state index contributed by atoms with van der Waals surface area (Å²) in [4.78, 5) is -0.307. The molecule has 0 saturated carbocycles. The molecule has 0 radical (unpaired) electrons. The fourth-order valence-electron chi connectivity index (χ4n) is 1.72. The minimum absolute atomic E-state index is 0.212. The molecule has 0 unspecified atom stereocenters. The van der Waals surface area contributed by atoms with Gasteiger partial charge in [-0.1, -0.05) is 13.8 Å². The minimum atomic E-state index is -3.77. The smallest absolute Gasteiger partial charge is 0.245 e. The molecule has 1 rings (SSSR count). The molecule has 0 heterocycles. The van der Waals surface area contributed by atoms with E-state index in [1.807, 2.05) is 13.8 Å². The maximum absolute atomic E-state index is 13.7. The molecule has 0 aliphatic rings. The summed E-state index contributed by atoms with van der Waals surface area (Å²) in [5, 5.41) is 0. The van der Waals surface area contributed by atoms with Gasteiger partial charge in [-0.3, -0.25) is 0 Å². The van der Waals surface area contributed by atoms with Crippen LogP contribution in [0.4, 0.5) is 10.1 Å². The van der Waals surface area contributed by atoms with Gasteiger partial charge >= 0.3 is 0 Å². The van der Waals surface area contributed by atoms with Crippen LogP contribution in [-0.2, 0) is 10.0 Å². The van der Waals surface area contributed by atoms with Gasteiger partial charge in [0, 0.05) is 18.8 Å². The first-order valence-electron chi connectivity index (χ1n) is 5.98. The molecule has 102 valence electrons. The van der Waals surface area contributed by atoms with Gasteiger partial charge in [0.25, 0.3) is 0 Å². The highest BCUT2D eigenvalue weighted by Crippen LogP contribution is 2.21. The van der Waals surface area contributed by atoms with Gasteiger partial charge in [-0.25, -0.2) is 12.8 Å². The lowest BCUT2D eigenvalue weighted by Gasteiger charge is -2.21. The summed E-state index contributed by atoms with van der Waals surface area (Å²) in [6, 6.07) is 3.65. The molecule has 18 heavy (non-hydrogen) atoms. The first-order valence-corrected chi connectivity index (χ1v) is 7.42. The van der Waals surface area contributed by atoms with Crippen molar-refractivity contribution < 1.29 is 12.8 Å². The Morgan fingerprint density at radius 3 is 2.22 bits per heavy atom. The van der Waals surface area contributed by atoms with E-state index in [2.05, 4.69) is 0 Å². The van der Waals surface area contributed by atoms with Gasteiger partial charge < -0.3 is 5.73 Å². The summed E-state index contributed by atoms with van der Waals surface area (Å²) in [5.74, 6) is -0.799. The maximum Gasteiger partial charge on any atom is 0.245 e. The number of nitrogens with two attached hydrogens (primary N) is 1. The minimum Gasteiger partial charge on any atom is -0.399 e. The molecule has 0 aromatic heterocycles. The summed E-state index contributed by atoms with van der Waals surface area (Å²) < 4.78 is 39.6. The number of halogens is 1. The highest BCUT2D eigenvalue weighted by Gasteiger charge is 2.26. The lowest BCUT2D eigenvalue weighted by Crippen LogP contribution is -2.33. The molecule has 1 aromatic carbocycles. The number of benzene rings is 1. The number of hydrogen-bond acceptors (Lipinski definition) is 3. The number of rotatable bonds is 6. The summed E-state index contributed by atoms with van der Waals surface area (Å²) in [6.07, 6.45) is 1.38. The Kier molecular flexibility index (Phi) is 5.10. The Labute approximate surface area is 108 Å². The molecule has 0 aliphatic carbocycles. The fourth-order valence-corrected chi connectivity index (χ4v) is 3.39. The Hall–Kier alpha value is -1.14. The first-order chi connectivity index (χ1) is 8.43. The zero-order chi connectivity index (χ0) is 13.8. The van der Waals surface area contributed by atoms with E-state index in [4.69, 9.17) is 5.73 Å². The van der Waals surface area contributed by atoms with Crippen LogP contribution in [-0.4, -0.2) is 25.8 Å². The van der Waals surface area contributed by atoms with Gasteiger partial charge in [-0.05, 0) is 31.0 Å². The fraction of sp³-hybridized carbons (Fsp3) is 0.500. The molecule has 0 atom stereocenters. The predicted molar refractivity (Wildman–Crippen MR) is 70.2 cm³/mol. The quantitative estimate of drug-likeness (QED) is 0.809. The van der Waals surface area contributed by atoms with Crippen LogP contribution < -0.4 is 5.73 Å². The van der Waals surface area contributed by atoms with Crippen molar-refractivity contribution in [2.45, 2.75) is 31.6 Å². The van der Waals surface area contributed by atoms with E-state index in [0.717, 1.165) is 6.07 Å². The number of nitrogen functional groups attached to an aromatic ring is 1. The first kappa shape index (κ1) is 14.9. The summed E-state index contributed by atoms with van der Waals surface area (Å²) >= 11 is 0. The Balaban J connectivity index is 3.17. The van der Waals surface area contributed by atoms with E-state index >= 15 is 0 Å². The summed E-state index contributed by atoms with van der Waals surface area (Å²) in [5.41, 5.74) is 5.63. The van der Waals surface area contributed by atoms with Gasteiger partial charge in [0.1, 0.15) is 10.7 Å². The third kappa shape index (κ3) is 3.20. The molecule has 4 nitrogen and oxygen atoms in total. The van der Waals surface area contributed by atoms with Crippen LogP contribution in [0.5, 0.6) is 0 Å². The maximum atomic E-state index is 13.7. The lowest BCUT2D eigenvalue weighted by molar-refractivity contribution is 0.406. The van der Waals surface area contributed by atoms with Crippen molar-refractivity contribution in [2.75, 3.05) is 18.8 Å². The van der Waals surface area contributed by atoms with Crippen LogP contribution in [0.1, 0.15) is 26.7 Å². The molecule has 0 aliphatic heterocycles. The third-order valence-electron chi connectivity index (χ3n) is 2.52. The predicted octanol–water partition coefficient (Wildman–Crippen LogP) is 2.22. The monoisotopic (exact) mass is 274 g/mol. The van der Waals surface area contributed by atoms with Crippen LogP contribution in [0.2, 0.25) is 0 Å². The standard InChI is InChI=1S/C12H19FN2O2S/c1-3-7-15(8-4-2)18(16,17)12-6-5-10(14)9-11(12)13/h5-6,9H,3-4,7-8,14H2,1-2H3. The molecule has 1 aromatic rings. The Morgan fingerprint density at radius 2 is 1.78 bits per heavy atom. The van der Waals surface area contributed by atoms with Crippen LogP contribution >= 0.6 is 0 Å². The SMILES string of the molecule is CCCN(CCC)S(=O)(=O)c1ccc(N)cc1F. The second-order valence-electron chi connectivity index (χ2n) is 4.09. The molecule has 6 heteroatoms. The summed E-state index contributed by atoms with van der Waals surface area (Å²) in [7, 11) is -3.77. The largest absolute Gasteiger partial charge is 0.399 e. The molecule has 0 bridgehead atoms. The highest BCUT2D eigenvalue weighted by atomic mass is 32.2. The van der Waals surface area contributed by atoms with E-state index in [1.54, 1.807) is 0 Å². The number of nitrogens with zero attached hydrogens (tertiary/aromatic N) is 1. The van der Waals surface area contributed by atoms with Gasteiger partial charge in [-0.2, -0.15) is 4.31 Å². The van der Waals surface area contributed by atoms with E-state index in [1.165, 1.54) is 16.4 Å². The molecular weight excluding hydrogens is 255 g/mol. The van der Waals surface area contributed by atoms with Crippen molar-refractivity contribution in [2.24, 2.45) is 0 Å². The molecule has 0 saturated heterocycles. The molecular formula is C12H19FN2O2S. The molecule has 0 spiro atoms. The zero-order valence-corrected chi connectivity index (χ0v) is 11.5. The van der Waals surface area contributed by atoms with Crippen molar-refractivity contribution in [3.63, 3.8) is 0 Å². The van der Waals surface area contributed by atoms with Crippen LogP contribution in [0.25, 0.3) is 0 Å². The molecule has 0 amide bonds. The number of sulfonamides is 1. The van der Waals surface area contributed by atoms with Crippen molar-refractivity contribution in [3.05, 3.63) is 24.0 Å². The van der Waals surface area contributed by atoms with E-state index in [9.17, 15) is 12.8 Å². The Morgan fingerprint density at radius 1 is 1.22 bits per heavy atom. The summed E-state index contributed by atoms with van der Waals surface area (Å²) in [6.45, 7) is 4.55. The molecule has 0 fully saturated rings. The molecule has 2 N–H and O–H groups in total. The van der Waals surface area contributed by atoms with Crippen molar-refractivity contribution in [3.8, 4) is 0 Å². The van der Waals surface area contributed by atoms with E-state index < -0.39 is 15.8 Å². The van der Waals surface area contributed by atoms with E-state index in [-0.39, 0.29) is 10.6 Å². The van der Waals surface area contributed by atoms with Crippen LogP contribution in [0.15, 0.2) is 23.1 Å². The topological polar surface area (TPSA) is 63.4 Å². The number of anilines is 1. The second-order valence-corrected chi connectivity index (χ2v) is 6.00. The zero-order valence-electron chi connectivity index (χ0n) is 10.7. The van der Waals surface area contributed by atoms with Crippen molar-refractivity contribution >= 4 is 15.7 Å². The van der Waals surface area contributed by atoms with Gasteiger partial charge in [-0.15, -0.1) is 0 Å².